The highest BCUT2D eigenvalue weighted by Gasteiger charge is 2.17. The molecule has 5 nitrogen and oxygen atoms in total. The zero-order valence-electron chi connectivity index (χ0n) is 14.9. The minimum Gasteiger partial charge on any atom is -0.383 e. The van der Waals surface area contributed by atoms with E-state index in [4.69, 9.17) is 10.8 Å². The predicted molar refractivity (Wildman–Crippen MR) is 107 cm³/mol. The average Bonchev–Trinajstić information content (AvgIpc) is 3.27. The van der Waals surface area contributed by atoms with Crippen LogP contribution in [0.3, 0.4) is 0 Å². The van der Waals surface area contributed by atoms with Gasteiger partial charge in [-0.1, -0.05) is 25.3 Å². The van der Waals surface area contributed by atoms with Gasteiger partial charge < -0.3 is 5.73 Å². The quantitative estimate of drug-likeness (QED) is 0.753. The Hall–Kier alpha value is -2.69. The highest BCUT2D eigenvalue weighted by molar-refractivity contribution is 6.08. The van der Waals surface area contributed by atoms with Crippen LogP contribution in [-0.4, -0.2) is 27.5 Å². The fourth-order valence-corrected chi connectivity index (χ4v) is 3.99. The van der Waals surface area contributed by atoms with Crippen LogP contribution in [0.15, 0.2) is 35.5 Å². The number of rotatable bonds is 5. The summed E-state index contributed by atoms with van der Waals surface area (Å²) < 4.78 is 2.04. The molecule has 3 aromatic rings. The highest BCUT2D eigenvalue weighted by atomic mass is 15.3. The molecule has 0 amide bonds. The molecule has 5 heteroatoms. The van der Waals surface area contributed by atoms with Crippen LogP contribution in [0.4, 0.5) is 5.82 Å². The molecule has 0 bridgehead atoms. The van der Waals surface area contributed by atoms with Gasteiger partial charge in [0.05, 0.1) is 17.4 Å². The largest absolute Gasteiger partial charge is 0.383 e. The van der Waals surface area contributed by atoms with E-state index in [0.29, 0.717) is 5.82 Å². The van der Waals surface area contributed by atoms with Crippen molar-refractivity contribution in [1.29, 1.82) is 0 Å². The number of hydrogen-bond acceptors (Lipinski definition) is 4. The second-order valence-electron chi connectivity index (χ2n) is 7.50. The van der Waals surface area contributed by atoms with E-state index in [-0.39, 0.29) is 0 Å². The fourth-order valence-electron chi connectivity index (χ4n) is 3.99. The van der Waals surface area contributed by atoms with Gasteiger partial charge in [0.1, 0.15) is 11.3 Å². The zero-order chi connectivity index (χ0) is 17.5. The lowest BCUT2D eigenvalue weighted by Gasteiger charge is -2.24. The molecule has 3 heterocycles. The molecule has 2 aromatic heterocycles. The maximum Gasteiger partial charge on any atom is 0.135 e. The third kappa shape index (κ3) is 2.68. The fraction of sp³-hybridized carbons (Fsp3) is 0.381. The number of nitrogens with two attached hydrogens (primary N) is 1. The van der Waals surface area contributed by atoms with E-state index in [9.17, 15) is 0 Å². The van der Waals surface area contributed by atoms with Crippen molar-refractivity contribution < 1.29 is 0 Å². The molecular formula is C21H23N5. The van der Waals surface area contributed by atoms with Crippen LogP contribution in [0, 0.1) is 5.92 Å². The SMILES string of the molecule is Nc1nc2cc(C3=CC=NC3)ccc2c2nn(CCCC3CCC3)cc12. The number of fused-ring (bicyclic) bond motifs is 3. The van der Waals surface area contributed by atoms with Gasteiger partial charge in [-0.25, -0.2) is 4.98 Å². The Morgan fingerprint density at radius 3 is 2.88 bits per heavy atom. The highest BCUT2D eigenvalue weighted by Crippen LogP contribution is 2.32. The lowest BCUT2D eigenvalue weighted by atomic mass is 9.82. The van der Waals surface area contributed by atoms with Crippen LogP contribution in [0.1, 0.15) is 37.7 Å². The van der Waals surface area contributed by atoms with Gasteiger partial charge in [0.15, 0.2) is 0 Å². The summed E-state index contributed by atoms with van der Waals surface area (Å²) in [7, 11) is 0. The van der Waals surface area contributed by atoms with Gasteiger partial charge in [-0.15, -0.1) is 0 Å². The Balaban J connectivity index is 1.47. The van der Waals surface area contributed by atoms with Crippen LogP contribution in [-0.2, 0) is 6.54 Å². The van der Waals surface area contributed by atoms with Crippen molar-refractivity contribution in [1.82, 2.24) is 14.8 Å². The first-order valence-corrected chi connectivity index (χ1v) is 9.54. The first-order chi connectivity index (χ1) is 12.8. The zero-order valence-corrected chi connectivity index (χ0v) is 14.9. The monoisotopic (exact) mass is 345 g/mol. The van der Waals surface area contributed by atoms with Gasteiger partial charge >= 0.3 is 0 Å². The van der Waals surface area contributed by atoms with E-state index in [1.165, 1.54) is 37.7 Å². The van der Waals surface area contributed by atoms with Crippen molar-refractivity contribution >= 4 is 39.4 Å². The minimum absolute atomic E-state index is 0.562. The van der Waals surface area contributed by atoms with Crippen molar-refractivity contribution in [2.75, 3.05) is 12.3 Å². The number of pyridine rings is 1. The van der Waals surface area contributed by atoms with Crippen LogP contribution >= 0.6 is 0 Å². The van der Waals surface area contributed by atoms with E-state index < -0.39 is 0 Å². The van der Waals surface area contributed by atoms with Gasteiger partial charge in [0.25, 0.3) is 0 Å². The first kappa shape index (κ1) is 15.6. The molecule has 1 aliphatic heterocycles. The van der Waals surface area contributed by atoms with E-state index in [1.807, 2.05) is 10.9 Å². The third-order valence-electron chi connectivity index (χ3n) is 5.77. The molecular weight excluding hydrogens is 322 g/mol. The summed E-state index contributed by atoms with van der Waals surface area (Å²) in [6, 6.07) is 6.35. The summed E-state index contributed by atoms with van der Waals surface area (Å²) in [5, 5.41) is 6.85. The molecule has 0 atom stereocenters. The second-order valence-corrected chi connectivity index (χ2v) is 7.50. The van der Waals surface area contributed by atoms with Crippen molar-refractivity contribution in [3.63, 3.8) is 0 Å². The Kier molecular flexibility index (Phi) is 3.73. The minimum atomic E-state index is 0.562. The molecule has 0 spiro atoms. The summed E-state index contributed by atoms with van der Waals surface area (Å²) in [6.07, 6.45) is 12.7. The number of aliphatic imine (C=N–C) groups is 1. The molecule has 2 aliphatic rings. The number of aromatic nitrogens is 3. The van der Waals surface area contributed by atoms with Crippen molar-refractivity contribution in [3.05, 3.63) is 36.0 Å². The summed E-state index contributed by atoms with van der Waals surface area (Å²) in [5.41, 5.74) is 10.5. The molecule has 1 aliphatic carbocycles. The molecule has 5 rings (SSSR count). The van der Waals surface area contributed by atoms with Gasteiger partial charge in [0, 0.05) is 24.3 Å². The number of nitrogens with zero attached hydrogens (tertiary/aromatic N) is 4. The molecule has 132 valence electrons. The second kappa shape index (κ2) is 6.24. The molecule has 1 fully saturated rings. The van der Waals surface area contributed by atoms with Gasteiger partial charge in [0.2, 0.25) is 0 Å². The van der Waals surface area contributed by atoms with Crippen molar-refractivity contribution in [3.8, 4) is 0 Å². The lowest BCUT2D eigenvalue weighted by molar-refractivity contribution is 0.283. The molecule has 0 radical (unpaired) electrons. The maximum atomic E-state index is 6.24. The van der Waals surface area contributed by atoms with E-state index in [0.717, 1.165) is 46.4 Å². The van der Waals surface area contributed by atoms with Gasteiger partial charge in [-0.2, -0.15) is 5.10 Å². The van der Waals surface area contributed by atoms with Gasteiger partial charge in [-0.05, 0) is 48.1 Å². The maximum absolute atomic E-state index is 6.24. The van der Waals surface area contributed by atoms with Crippen molar-refractivity contribution in [2.24, 2.45) is 10.9 Å². The number of benzene rings is 1. The van der Waals surface area contributed by atoms with E-state index in [2.05, 4.69) is 40.4 Å². The summed E-state index contributed by atoms with van der Waals surface area (Å²) in [4.78, 5) is 8.90. The number of nitrogen functional groups attached to an aromatic ring is 1. The third-order valence-corrected chi connectivity index (χ3v) is 5.77. The molecule has 1 saturated carbocycles. The van der Waals surface area contributed by atoms with E-state index in [1.54, 1.807) is 0 Å². The van der Waals surface area contributed by atoms with E-state index >= 15 is 0 Å². The number of hydrogen-bond donors (Lipinski definition) is 1. The topological polar surface area (TPSA) is 69.1 Å². The molecule has 0 unspecified atom stereocenters. The Morgan fingerprint density at radius 1 is 1.19 bits per heavy atom. The van der Waals surface area contributed by atoms with Crippen molar-refractivity contribution in [2.45, 2.75) is 38.6 Å². The lowest BCUT2D eigenvalue weighted by Crippen LogP contribution is -2.11. The van der Waals surface area contributed by atoms with Crippen LogP contribution in [0.5, 0.6) is 0 Å². The Bertz CT molecular complexity index is 1040. The van der Waals surface area contributed by atoms with Crippen LogP contribution in [0.2, 0.25) is 0 Å². The molecule has 2 N–H and O–H groups in total. The standard InChI is InChI=1S/C21H23N5/c22-21-18-13-26(10-2-5-14-3-1-4-14)25-20(18)17-7-6-15(11-19(17)24-21)16-8-9-23-12-16/h6-9,11,13-14H,1-5,10,12H2,(H2,22,24). The molecule has 26 heavy (non-hydrogen) atoms. The molecule has 0 saturated heterocycles. The number of anilines is 1. The Labute approximate surface area is 152 Å². The van der Waals surface area contributed by atoms with Crippen LogP contribution < -0.4 is 5.73 Å². The summed E-state index contributed by atoms with van der Waals surface area (Å²) in [6.45, 7) is 1.69. The summed E-state index contributed by atoms with van der Waals surface area (Å²) >= 11 is 0. The average molecular weight is 345 g/mol. The molecule has 1 aromatic carbocycles. The van der Waals surface area contributed by atoms with Crippen LogP contribution in [0.25, 0.3) is 27.4 Å². The van der Waals surface area contributed by atoms with Gasteiger partial charge in [-0.3, -0.25) is 9.67 Å². The smallest absolute Gasteiger partial charge is 0.135 e. The predicted octanol–water partition coefficient (Wildman–Crippen LogP) is 4.21. The Morgan fingerprint density at radius 2 is 2.12 bits per heavy atom. The summed E-state index contributed by atoms with van der Waals surface area (Å²) in [5.74, 6) is 1.51. The normalized spacial score (nSPS) is 17.2. The first-order valence-electron chi connectivity index (χ1n) is 9.54. The number of aryl methyl sites for hydroxylation is 1. The number of allylic oxidation sites excluding steroid dienone is 1.